The molecule has 0 aromatic heterocycles. The molecule has 1 N–H and O–H groups in total. The molecule has 0 saturated heterocycles. The number of amides is 1. The molecule has 0 bridgehead atoms. The Morgan fingerprint density at radius 2 is 2.00 bits per heavy atom. The highest BCUT2D eigenvalue weighted by atomic mass is 19.1. The van der Waals surface area contributed by atoms with Crippen LogP contribution in [0.25, 0.3) is 0 Å². The fraction of sp³-hybridized carbons (Fsp3) is 0. The third kappa shape index (κ3) is 3.42. The second-order valence-electron chi connectivity index (χ2n) is 4.16. The van der Waals surface area contributed by atoms with Gasteiger partial charge in [0, 0.05) is 12.1 Å². The third-order valence-corrected chi connectivity index (χ3v) is 2.69. The van der Waals surface area contributed by atoms with Gasteiger partial charge in [-0.1, -0.05) is 23.9 Å². The molecule has 0 spiro atoms. The number of hydrogen-bond donors (Lipinski definition) is 1. The Hall–Kier alpha value is -3.29. The highest BCUT2D eigenvalue weighted by molar-refractivity contribution is 5.95. The van der Waals surface area contributed by atoms with Crippen LogP contribution in [0.5, 0.6) is 5.75 Å². The molecule has 0 radical (unpaired) electrons. The molecule has 2 rings (SSSR count). The second-order valence-corrected chi connectivity index (χ2v) is 4.16. The zero-order chi connectivity index (χ0) is 16.1. The first kappa shape index (κ1) is 15.1. The monoisotopic (exact) mass is 302 g/mol. The summed E-state index contributed by atoms with van der Waals surface area (Å²) in [6, 6.07) is 8.43. The summed E-state index contributed by atoms with van der Waals surface area (Å²) in [6.45, 7) is 0. The van der Waals surface area contributed by atoms with Gasteiger partial charge in [-0.3, -0.25) is 14.9 Å². The number of nitro groups is 1. The van der Waals surface area contributed by atoms with Crippen molar-refractivity contribution in [3.63, 3.8) is 0 Å². The van der Waals surface area contributed by atoms with Gasteiger partial charge in [0.15, 0.2) is 0 Å². The van der Waals surface area contributed by atoms with Crippen LogP contribution in [-0.2, 0) is 0 Å². The van der Waals surface area contributed by atoms with Crippen molar-refractivity contribution in [3.8, 4) is 5.75 Å². The fourth-order valence-corrected chi connectivity index (χ4v) is 1.62. The van der Waals surface area contributed by atoms with Crippen LogP contribution in [0.4, 0.5) is 10.1 Å². The number of nitro benzene ring substituents is 1. The van der Waals surface area contributed by atoms with E-state index in [0.717, 1.165) is 30.5 Å². The number of hydrazone groups is 1. The lowest BCUT2D eigenvalue weighted by atomic mass is 10.2. The second kappa shape index (κ2) is 6.44. The Balaban J connectivity index is 2.13. The summed E-state index contributed by atoms with van der Waals surface area (Å²) in [5.74, 6) is -2.00. The Morgan fingerprint density at radius 3 is 2.68 bits per heavy atom. The molecule has 0 fully saturated rings. The van der Waals surface area contributed by atoms with Crippen LogP contribution >= 0.6 is 0 Å². The smallest absolute Gasteiger partial charge is 0.274 e. The van der Waals surface area contributed by atoms with E-state index < -0.39 is 22.4 Å². The number of carbonyl (C=O) groups excluding carboxylic acids is 1. The minimum atomic E-state index is -0.799. The predicted octanol–water partition coefficient (Wildman–Crippen LogP) is 1.57. The molecular formula is C14H9FN3O4-. The molecule has 0 aliphatic heterocycles. The summed E-state index contributed by atoms with van der Waals surface area (Å²) in [4.78, 5) is 21.6. The van der Waals surface area contributed by atoms with E-state index >= 15 is 0 Å². The summed E-state index contributed by atoms with van der Waals surface area (Å²) in [5.41, 5.74) is 1.50. The highest BCUT2D eigenvalue weighted by Crippen LogP contribution is 2.19. The zero-order valence-electron chi connectivity index (χ0n) is 11.0. The molecular weight excluding hydrogens is 293 g/mol. The van der Waals surface area contributed by atoms with Gasteiger partial charge in [0.25, 0.3) is 11.6 Å². The zero-order valence-corrected chi connectivity index (χ0v) is 11.0. The van der Waals surface area contributed by atoms with Gasteiger partial charge in [-0.2, -0.15) is 5.10 Å². The van der Waals surface area contributed by atoms with Crippen LogP contribution in [0.3, 0.4) is 0 Å². The molecule has 0 atom stereocenters. The van der Waals surface area contributed by atoms with Crippen molar-refractivity contribution in [1.29, 1.82) is 0 Å². The van der Waals surface area contributed by atoms with Gasteiger partial charge in [-0.05, 0) is 17.7 Å². The molecule has 22 heavy (non-hydrogen) atoms. The molecule has 8 heteroatoms. The van der Waals surface area contributed by atoms with E-state index in [1.807, 2.05) is 5.43 Å². The summed E-state index contributed by atoms with van der Waals surface area (Å²) < 4.78 is 13.4. The van der Waals surface area contributed by atoms with Crippen molar-refractivity contribution < 1.29 is 19.2 Å². The molecule has 0 unspecified atom stereocenters. The number of halogens is 1. The number of benzene rings is 2. The maximum Gasteiger partial charge on any atom is 0.274 e. The Bertz CT molecular complexity index is 762. The van der Waals surface area contributed by atoms with Gasteiger partial charge >= 0.3 is 0 Å². The van der Waals surface area contributed by atoms with Gasteiger partial charge < -0.3 is 5.11 Å². The SMILES string of the molecule is O=C(N/N=C\c1cc([N+](=O)[O-])ccc1[O-])c1ccccc1F. The molecule has 0 aliphatic rings. The first-order valence-corrected chi connectivity index (χ1v) is 6.02. The molecule has 7 nitrogen and oxygen atoms in total. The summed E-state index contributed by atoms with van der Waals surface area (Å²) >= 11 is 0. The predicted molar refractivity (Wildman–Crippen MR) is 74.0 cm³/mol. The van der Waals surface area contributed by atoms with E-state index in [1.165, 1.54) is 18.2 Å². The van der Waals surface area contributed by atoms with Crippen molar-refractivity contribution in [3.05, 3.63) is 69.5 Å². The minimum Gasteiger partial charge on any atom is -0.872 e. The highest BCUT2D eigenvalue weighted by Gasteiger charge is 2.09. The quantitative estimate of drug-likeness (QED) is 0.525. The Kier molecular flexibility index (Phi) is 4.42. The lowest BCUT2D eigenvalue weighted by Gasteiger charge is -2.08. The Labute approximate surface area is 123 Å². The standard InChI is InChI=1S/C14H10FN3O4/c15-12-4-2-1-3-11(12)14(20)17-16-8-9-7-10(18(21)22)5-6-13(9)19/h1-8,19H,(H,17,20)/p-1/b16-8-. The van der Waals surface area contributed by atoms with Crippen LogP contribution in [0, 0.1) is 15.9 Å². The number of hydrogen-bond acceptors (Lipinski definition) is 5. The van der Waals surface area contributed by atoms with Crippen LogP contribution in [-0.4, -0.2) is 17.0 Å². The van der Waals surface area contributed by atoms with E-state index in [1.54, 1.807) is 0 Å². The Morgan fingerprint density at radius 1 is 1.27 bits per heavy atom. The normalized spacial score (nSPS) is 10.6. The summed E-state index contributed by atoms with van der Waals surface area (Å²) in [5, 5.41) is 25.6. The number of carbonyl (C=O) groups is 1. The average Bonchev–Trinajstić information content (AvgIpc) is 2.49. The van der Waals surface area contributed by atoms with Gasteiger partial charge in [0.05, 0.1) is 16.7 Å². The number of non-ortho nitro benzene ring substituents is 1. The summed E-state index contributed by atoms with van der Waals surface area (Å²) in [7, 11) is 0. The first-order valence-electron chi connectivity index (χ1n) is 6.02. The van der Waals surface area contributed by atoms with E-state index in [4.69, 9.17) is 0 Å². The third-order valence-electron chi connectivity index (χ3n) is 2.69. The van der Waals surface area contributed by atoms with Gasteiger partial charge in [-0.15, -0.1) is 0 Å². The van der Waals surface area contributed by atoms with Gasteiger partial charge in [0.2, 0.25) is 0 Å². The number of rotatable bonds is 4. The topological polar surface area (TPSA) is 108 Å². The van der Waals surface area contributed by atoms with E-state index in [9.17, 15) is 24.4 Å². The van der Waals surface area contributed by atoms with E-state index in [-0.39, 0.29) is 16.8 Å². The fourth-order valence-electron chi connectivity index (χ4n) is 1.62. The maximum atomic E-state index is 13.4. The van der Waals surface area contributed by atoms with Crippen molar-refractivity contribution in [1.82, 2.24) is 5.43 Å². The molecule has 0 heterocycles. The first-order chi connectivity index (χ1) is 10.5. The van der Waals surface area contributed by atoms with Crippen LogP contribution in [0.2, 0.25) is 0 Å². The molecule has 112 valence electrons. The maximum absolute atomic E-state index is 13.4. The molecule has 2 aromatic carbocycles. The largest absolute Gasteiger partial charge is 0.872 e. The van der Waals surface area contributed by atoms with Crippen molar-refractivity contribution in [2.45, 2.75) is 0 Å². The van der Waals surface area contributed by atoms with Crippen LogP contribution < -0.4 is 10.5 Å². The molecule has 2 aromatic rings. The lowest BCUT2D eigenvalue weighted by molar-refractivity contribution is -0.385. The lowest BCUT2D eigenvalue weighted by Crippen LogP contribution is -2.19. The molecule has 0 aliphatic carbocycles. The van der Waals surface area contributed by atoms with Crippen molar-refractivity contribution >= 4 is 17.8 Å². The van der Waals surface area contributed by atoms with Crippen molar-refractivity contribution in [2.75, 3.05) is 0 Å². The number of nitrogens with zero attached hydrogens (tertiary/aromatic N) is 2. The average molecular weight is 302 g/mol. The van der Waals surface area contributed by atoms with Crippen LogP contribution in [0.15, 0.2) is 47.6 Å². The number of nitrogens with one attached hydrogen (secondary N) is 1. The van der Waals surface area contributed by atoms with Gasteiger partial charge in [-0.25, -0.2) is 9.82 Å². The molecule has 1 amide bonds. The minimum absolute atomic E-state index is 0.0666. The summed E-state index contributed by atoms with van der Waals surface area (Å²) in [6.07, 6.45) is 0.966. The van der Waals surface area contributed by atoms with Crippen molar-refractivity contribution in [2.24, 2.45) is 5.10 Å². The van der Waals surface area contributed by atoms with Crippen LogP contribution in [0.1, 0.15) is 15.9 Å². The van der Waals surface area contributed by atoms with E-state index in [0.29, 0.717) is 0 Å². The van der Waals surface area contributed by atoms with E-state index in [2.05, 4.69) is 5.10 Å². The van der Waals surface area contributed by atoms with Gasteiger partial charge in [0.1, 0.15) is 5.82 Å². The molecule has 0 saturated carbocycles.